The van der Waals surface area contributed by atoms with Crippen LogP contribution in [0, 0.1) is 0 Å². The minimum atomic E-state index is -0.961. The molecule has 0 amide bonds. The maximum atomic E-state index is 11.0. The zero-order valence-corrected chi connectivity index (χ0v) is 8.15. The van der Waals surface area contributed by atoms with Gasteiger partial charge in [0.15, 0.2) is 0 Å². The molecule has 5 nitrogen and oxygen atoms in total. The van der Waals surface area contributed by atoms with Crippen molar-refractivity contribution in [1.29, 1.82) is 0 Å². The zero-order chi connectivity index (χ0) is 10.3. The van der Waals surface area contributed by atoms with Crippen molar-refractivity contribution in [3.8, 4) is 5.88 Å². The van der Waals surface area contributed by atoms with Gasteiger partial charge in [0.05, 0.1) is 12.2 Å². The van der Waals surface area contributed by atoms with Gasteiger partial charge in [-0.2, -0.15) is 5.10 Å². The molecule has 0 spiro atoms. The first-order valence-corrected chi connectivity index (χ1v) is 4.58. The Morgan fingerprint density at radius 1 is 1.64 bits per heavy atom. The molecule has 0 fully saturated rings. The average molecular weight is 196 g/mol. The van der Waals surface area contributed by atoms with Crippen molar-refractivity contribution in [3.05, 3.63) is 11.3 Å². The van der Waals surface area contributed by atoms with Crippen LogP contribution in [0.1, 0.15) is 35.8 Å². The summed E-state index contributed by atoms with van der Waals surface area (Å²) < 4.78 is 6.87. The summed E-state index contributed by atoms with van der Waals surface area (Å²) in [5.74, 6) is -0.458. The lowest BCUT2D eigenvalue weighted by atomic mass is 10.1. The highest BCUT2D eigenvalue weighted by Crippen LogP contribution is 2.30. The fourth-order valence-electron chi connectivity index (χ4n) is 1.60. The summed E-state index contributed by atoms with van der Waals surface area (Å²) in [5.41, 5.74) is 0.824. The summed E-state index contributed by atoms with van der Waals surface area (Å²) in [6, 6.07) is 0. The molecule has 76 valence electrons. The third-order valence-corrected chi connectivity index (χ3v) is 2.24. The minimum absolute atomic E-state index is 0.0998. The molecule has 1 aromatic heterocycles. The maximum Gasteiger partial charge on any atom is 0.343 e. The molecule has 1 N–H and O–H groups in total. The lowest BCUT2D eigenvalue weighted by Gasteiger charge is -2.02. The Morgan fingerprint density at radius 2 is 2.36 bits per heavy atom. The van der Waals surface area contributed by atoms with Crippen molar-refractivity contribution >= 4 is 5.97 Å². The quantitative estimate of drug-likeness (QED) is 0.769. The number of ether oxygens (including phenoxy) is 1. The molecule has 1 aliphatic rings. The smallest absolute Gasteiger partial charge is 0.343 e. The van der Waals surface area contributed by atoms with Gasteiger partial charge in [0.2, 0.25) is 5.88 Å². The van der Waals surface area contributed by atoms with Crippen LogP contribution >= 0.6 is 0 Å². The second kappa shape index (κ2) is 3.01. The third kappa shape index (κ3) is 1.16. The molecule has 0 aromatic carbocycles. The monoisotopic (exact) mass is 196 g/mol. The van der Waals surface area contributed by atoms with Crippen molar-refractivity contribution in [2.45, 2.75) is 26.3 Å². The van der Waals surface area contributed by atoms with Gasteiger partial charge in [0.25, 0.3) is 0 Å². The van der Waals surface area contributed by atoms with Gasteiger partial charge in [-0.15, -0.1) is 0 Å². The standard InChI is InChI=1S/C9H12N2O3/c1-5(2)7-6(9(12)13)8-11(10-7)3-4-14-8/h5H,3-4H2,1-2H3,(H,12,13). The number of aromatic nitrogens is 2. The van der Waals surface area contributed by atoms with E-state index in [-0.39, 0.29) is 11.5 Å². The van der Waals surface area contributed by atoms with Crippen molar-refractivity contribution in [2.24, 2.45) is 0 Å². The number of fused-ring (bicyclic) bond motifs is 1. The van der Waals surface area contributed by atoms with Crippen LogP contribution < -0.4 is 4.74 Å². The van der Waals surface area contributed by atoms with Crippen LogP contribution in [0.25, 0.3) is 0 Å². The van der Waals surface area contributed by atoms with Crippen molar-refractivity contribution < 1.29 is 14.6 Å². The molecule has 1 aliphatic heterocycles. The SMILES string of the molecule is CC(C)c1nn2c(c1C(=O)O)OCC2. The van der Waals surface area contributed by atoms with Crippen LogP contribution in [0.2, 0.25) is 0 Å². The summed E-state index contributed by atoms with van der Waals surface area (Å²) in [5, 5.41) is 13.3. The molecule has 5 heteroatoms. The fourth-order valence-corrected chi connectivity index (χ4v) is 1.60. The Morgan fingerprint density at radius 3 is 2.93 bits per heavy atom. The Hall–Kier alpha value is -1.52. The number of carbonyl (C=O) groups is 1. The predicted molar refractivity (Wildman–Crippen MR) is 48.8 cm³/mol. The van der Waals surface area contributed by atoms with Gasteiger partial charge in [0, 0.05) is 0 Å². The van der Waals surface area contributed by atoms with Gasteiger partial charge < -0.3 is 9.84 Å². The highest BCUT2D eigenvalue weighted by molar-refractivity contribution is 5.92. The van der Waals surface area contributed by atoms with Crippen LogP contribution in [-0.4, -0.2) is 27.5 Å². The molecule has 0 radical (unpaired) electrons. The van der Waals surface area contributed by atoms with Crippen LogP contribution in [0.15, 0.2) is 0 Å². The van der Waals surface area contributed by atoms with Gasteiger partial charge in [-0.3, -0.25) is 0 Å². The summed E-state index contributed by atoms with van der Waals surface area (Å²) >= 11 is 0. The summed E-state index contributed by atoms with van der Waals surface area (Å²) in [6.45, 7) is 5.00. The highest BCUT2D eigenvalue weighted by Gasteiger charge is 2.29. The van der Waals surface area contributed by atoms with E-state index in [2.05, 4.69) is 5.10 Å². The van der Waals surface area contributed by atoms with Gasteiger partial charge >= 0.3 is 5.97 Å². The lowest BCUT2D eigenvalue weighted by molar-refractivity contribution is 0.0691. The second-order valence-electron chi connectivity index (χ2n) is 3.60. The molecule has 2 rings (SSSR count). The number of carboxylic acids is 1. The van der Waals surface area contributed by atoms with E-state index in [0.717, 1.165) is 0 Å². The minimum Gasteiger partial charge on any atom is -0.477 e. The molecular weight excluding hydrogens is 184 g/mol. The van der Waals surface area contributed by atoms with Crippen LogP contribution in [0.4, 0.5) is 0 Å². The molecule has 0 aliphatic carbocycles. The molecule has 0 saturated heterocycles. The summed E-state index contributed by atoms with van der Waals surface area (Å²) in [6.07, 6.45) is 0. The first-order chi connectivity index (χ1) is 6.61. The van der Waals surface area contributed by atoms with Gasteiger partial charge in [0.1, 0.15) is 12.2 Å². The van der Waals surface area contributed by atoms with E-state index in [1.807, 2.05) is 13.8 Å². The van der Waals surface area contributed by atoms with E-state index in [0.29, 0.717) is 24.7 Å². The normalized spacial score (nSPS) is 14.2. The second-order valence-corrected chi connectivity index (χ2v) is 3.60. The van der Waals surface area contributed by atoms with Crippen molar-refractivity contribution in [3.63, 3.8) is 0 Å². The molecule has 0 unspecified atom stereocenters. The maximum absolute atomic E-state index is 11.0. The van der Waals surface area contributed by atoms with E-state index in [1.165, 1.54) is 0 Å². The first kappa shape index (κ1) is 9.05. The highest BCUT2D eigenvalue weighted by atomic mass is 16.5. The average Bonchev–Trinajstić information content (AvgIpc) is 2.58. The summed E-state index contributed by atoms with van der Waals surface area (Å²) in [7, 11) is 0. The number of hydrogen-bond donors (Lipinski definition) is 1. The Balaban J connectivity index is 2.57. The molecule has 0 bridgehead atoms. The molecule has 14 heavy (non-hydrogen) atoms. The van der Waals surface area contributed by atoms with Crippen LogP contribution in [0.5, 0.6) is 5.88 Å². The van der Waals surface area contributed by atoms with E-state index < -0.39 is 5.97 Å². The summed E-state index contributed by atoms with van der Waals surface area (Å²) in [4.78, 5) is 11.0. The number of nitrogens with zero attached hydrogens (tertiary/aromatic N) is 2. The van der Waals surface area contributed by atoms with Crippen LogP contribution in [-0.2, 0) is 6.54 Å². The van der Waals surface area contributed by atoms with Gasteiger partial charge in [-0.05, 0) is 5.92 Å². The van der Waals surface area contributed by atoms with E-state index in [1.54, 1.807) is 4.68 Å². The van der Waals surface area contributed by atoms with Gasteiger partial charge in [-0.1, -0.05) is 13.8 Å². The van der Waals surface area contributed by atoms with E-state index in [4.69, 9.17) is 9.84 Å². The number of carboxylic acid groups (broad SMARTS) is 1. The number of rotatable bonds is 2. The molecule has 0 atom stereocenters. The number of aromatic carboxylic acids is 1. The van der Waals surface area contributed by atoms with Crippen LogP contribution in [0.3, 0.4) is 0 Å². The zero-order valence-electron chi connectivity index (χ0n) is 8.15. The first-order valence-electron chi connectivity index (χ1n) is 4.58. The fraction of sp³-hybridized carbons (Fsp3) is 0.556. The topological polar surface area (TPSA) is 64.4 Å². The predicted octanol–water partition coefficient (Wildman–Crippen LogP) is 1.10. The number of hydrogen-bond acceptors (Lipinski definition) is 3. The Bertz CT molecular complexity index is 382. The largest absolute Gasteiger partial charge is 0.477 e. The molecule has 1 aromatic rings. The molecule has 2 heterocycles. The third-order valence-electron chi connectivity index (χ3n) is 2.24. The van der Waals surface area contributed by atoms with E-state index in [9.17, 15) is 4.79 Å². The Kier molecular flexibility index (Phi) is 1.94. The Labute approximate surface area is 81.3 Å². The molecular formula is C9H12N2O3. The van der Waals surface area contributed by atoms with Crippen molar-refractivity contribution in [2.75, 3.05) is 6.61 Å². The van der Waals surface area contributed by atoms with Crippen molar-refractivity contribution in [1.82, 2.24) is 9.78 Å². The van der Waals surface area contributed by atoms with E-state index >= 15 is 0 Å². The lowest BCUT2D eigenvalue weighted by Crippen LogP contribution is -2.05. The molecule has 0 saturated carbocycles. The van der Waals surface area contributed by atoms with Gasteiger partial charge in [-0.25, -0.2) is 9.48 Å².